The first-order chi connectivity index (χ1) is 25.6. The van der Waals surface area contributed by atoms with Crippen LogP contribution in [0.1, 0.15) is 76.3 Å². The zero-order valence-corrected chi connectivity index (χ0v) is 30.8. The van der Waals surface area contributed by atoms with Gasteiger partial charge in [-0.3, -0.25) is 19.6 Å². The number of amides is 4. The molecule has 3 saturated heterocycles. The first-order valence-electron chi connectivity index (χ1n) is 18.7. The van der Waals surface area contributed by atoms with Gasteiger partial charge in [0.05, 0.1) is 26.3 Å². The van der Waals surface area contributed by atoms with Crippen molar-refractivity contribution in [1.29, 1.82) is 0 Å². The monoisotopic (exact) mass is 720 g/mol. The van der Waals surface area contributed by atoms with Crippen molar-refractivity contribution in [3.63, 3.8) is 0 Å². The predicted molar refractivity (Wildman–Crippen MR) is 203 cm³/mol. The van der Waals surface area contributed by atoms with E-state index in [2.05, 4.69) is 59.2 Å². The molecule has 2 aromatic rings. The molecule has 0 aromatic heterocycles. The summed E-state index contributed by atoms with van der Waals surface area (Å²) in [5, 5.41) is 5.42. The Bertz CT molecular complexity index is 1880. The molecule has 4 amide bonds. The fraction of sp³-hybridized carbons (Fsp3) is 0.463. The molecule has 0 aliphatic carbocycles. The molecular formula is C41H48N6O6. The normalized spacial score (nSPS) is 24.3. The highest BCUT2D eigenvalue weighted by Gasteiger charge is 2.46. The van der Waals surface area contributed by atoms with Crippen LogP contribution in [0, 0.1) is 5.92 Å². The van der Waals surface area contributed by atoms with Crippen molar-refractivity contribution in [2.24, 2.45) is 15.9 Å². The Labute approximate surface area is 310 Å². The van der Waals surface area contributed by atoms with Gasteiger partial charge in [0.1, 0.15) is 12.1 Å². The lowest BCUT2D eigenvalue weighted by atomic mass is 9.94. The smallest absolute Gasteiger partial charge is 0.407 e. The van der Waals surface area contributed by atoms with E-state index in [1.807, 2.05) is 36.0 Å². The molecule has 5 aliphatic heterocycles. The van der Waals surface area contributed by atoms with Gasteiger partial charge in [-0.1, -0.05) is 62.4 Å². The number of nitrogens with one attached hydrogen (secondary N) is 2. The molecular weight excluding hydrogens is 672 g/mol. The number of carbonyl (C=O) groups excluding carboxylic acids is 4. The number of allylic oxidation sites excluding steroid dienone is 2. The van der Waals surface area contributed by atoms with Crippen LogP contribution in [0.3, 0.4) is 0 Å². The van der Waals surface area contributed by atoms with E-state index in [0.717, 1.165) is 76.9 Å². The van der Waals surface area contributed by atoms with Gasteiger partial charge in [-0.05, 0) is 77.8 Å². The first kappa shape index (κ1) is 36.1. The van der Waals surface area contributed by atoms with Crippen molar-refractivity contribution in [2.75, 3.05) is 20.8 Å². The summed E-state index contributed by atoms with van der Waals surface area (Å²) in [5.74, 6) is -0.219. The molecule has 12 nitrogen and oxygen atoms in total. The van der Waals surface area contributed by atoms with E-state index in [4.69, 9.17) is 19.5 Å². The van der Waals surface area contributed by atoms with Crippen molar-refractivity contribution in [2.45, 2.75) is 95.4 Å². The van der Waals surface area contributed by atoms with Crippen molar-refractivity contribution in [3.8, 4) is 11.1 Å². The molecule has 2 N–H and O–H groups in total. The molecule has 0 spiro atoms. The van der Waals surface area contributed by atoms with Crippen molar-refractivity contribution < 1.29 is 28.7 Å². The van der Waals surface area contributed by atoms with E-state index >= 15 is 0 Å². The minimum absolute atomic E-state index is 0.0450. The number of alkyl carbamates (subject to hydrolysis) is 2. The van der Waals surface area contributed by atoms with Gasteiger partial charge >= 0.3 is 12.2 Å². The average Bonchev–Trinajstić information content (AvgIpc) is 4.01. The Kier molecular flexibility index (Phi) is 10.5. The Morgan fingerprint density at radius 2 is 1.28 bits per heavy atom. The van der Waals surface area contributed by atoms with Gasteiger partial charge < -0.3 is 29.9 Å². The van der Waals surface area contributed by atoms with Gasteiger partial charge in [0.15, 0.2) is 0 Å². The average molecular weight is 721 g/mol. The summed E-state index contributed by atoms with van der Waals surface area (Å²) in [4.78, 5) is 64.1. The van der Waals surface area contributed by atoms with Crippen molar-refractivity contribution in [3.05, 3.63) is 72.1 Å². The highest BCUT2D eigenvalue weighted by atomic mass is 16.5. The van der Waals surface area contributed by atoms with Crippen LogP contribution in [0.2, 0.25) is 0 Å². The molecule has 53 heavy (non-hydrogen) atoms. The number of hydrogen-bond acceptors (Lipinski definition) is 8. The maximum atomic E-state index is 13.5. The third-order valence-electron chi connectivity index (χ3n) is 11.4. The van der Waals surface area contributed by atoms with E-state index in [-0.39, 0.29) is 35.9 Å². The van der Waals surface area contributed by atoms with E-state index in [9.17, 15) is 19.2 Å². The Hall–Kier alpha value is -5.26. The highest BCUT2D eigenvalue weighted by Crippen LogP contribution is 2.37. The maximum Gasteiger partial charge on any atom is 0.407 e. The van der Waals surface area contributed by atoms with Gasteiger partial charge in [-0.15, -0.1) is 0 Å². The predicted octanol–water partition coefficient (Wildman–Crippen LogP) is 5.97. The molecule has 5 atom stereocenters. The first-order valence-corrected chi connectivity index (χ1v) is 18.7. The molecule has 0 radical (unpaired) electrons. The molecule has 278 valence electrons. The summed E-state index contributed by atoms with van der Waals surface area (Å²) in [6.07, 6.45) is 9.10. The fourth-order valence-electron chi connectivity index (χ4n) is 8.49. The number of carbonyl (C=O) groups is 4. The molecule has 7 rings (SSSR count). The lowest BCUT2D eigenvalue weighted by molar-refractivity contribution is -0.138. The van der Waals surface area contributed by atoms with Crippen LogP contribution in [-0.4, -0.2) is 96.2 Å². The number of rotatable bonds is 9. The quantitative estimate of drug-likeness (QED) is 0.327. The number of likely N-dealkylation sites (tertiary alicyclic amines) is 1. The third-order valence-corrected chi connectivity index (χ3v) is 11.4. The van der Waals surface area contributed by atoms with Crippen LogP contribution < -0.4 is 10.6 Å². The SMILES string of the molecule is COC(=O)N[C@H]1CC[C@H]2CC[C@@H](C3=NC=C(c4ccc(-c5ccc(C6=CN=C([C@@H]7CCCN7C(=O)[C@@H](NC(=O)OC)C(C)C)C6)cc5)cc4)C3)N2C1=O. The van der Waals surface area contributed by atoms with E-state index in [0.29, 0.717) is 25.8 Å². The van der Waals surface area contributed by atoms with E-state index in [1.54, 1.807) is 0 Å². The van der Waals surface area contributed by atoms with Gasteiger partial charge in [0.25, 0.3) is 0 Å². The largest absolute Gasteiger partial charge is 0.453 e. The van der Waals surface area contributed by atoms with E-state index < -0.39 is 24.3 Å². The number of nitrogens with zero attached hydrogens (tertiary/aromatic N) is 4. The second kappa shape index (κ2) is 15.4. The standard InChI is InChI=1S/C41H48N6O6/c1-24(2)37(45-41(51)53-4)39(49)46-19-5-6-35(46)33-20-29(22-42-33)27-11-7-25(8-12-27)26-9-13-28(14-10-26)30-21-34(43-23-30)36-18-16-31-15-17-32(38(48)47(31)36)44-40(50)52-3/h7-14,22-24,31-32,35-37H,5-6,15-21H2,1-4H3,(H,44,50)(H,45,51)/t31-,32-,35-,36-,37-/m0/s1. The molecule has 0 unspecified atom stereocenters. The fourth-order valence-corrected chi connectivity index (χ4v) is 8.49. The number of piperidine rings is 1. The summed E-state index contributed by atoms with van der Waals surface area (Å²) >= 11 is 0. The third kappa shape index (κ3) is 7.36. The van der Waals surface area contributed by atoms with Crippen molar-refractivity contribution >= 4 is 46.6 Å². The number of aliphatic imine (C=N–C) groups is 2. The molecule has 5 aliphatic rings. The zero-order valence-electron chi connectivity index (χ0n) is 30.8. The maximum absolute atomic E-state index is 13.5. The van der Waals surface area contributed by atoms with E-state index in [1.165, 1.54) is 14.2 Å². The number of benzene rings is 2. The van der Waals surface area contributed by atoms with Crippen LogP contribution >= 0.6 is 0 Å². The molecule has 3 fully saturated rings. The van der Waals surface area contributed by atoms with Gasteiger partial charge in [0, 0.05) is 49.3 Å². The molecule has 12 heteroatoms. The summed E-state index contributed by atoms with van der Waals surface area (Å²) in [6.45, 7) is 4.48. The molecule has 5 heterocycles. The summed E-state index contributed by atoms with van der Waals surface area (Å²) < 4.78 is 9.50. The topological polar surface area (TPSA) is 142 Å². The summed E-state index contributed by atoms with van der Waals surface area (Å²) in [6, 6.07) is 15.9. The minimum Gasteiger partial charge on any atom is -0.453 e. The van der Waals surface area contributed by atoms with Gasteiger partial charge in [-0.2, -0.15) is 0 Å². The van der Waals surface area contributed by atoms with Crippen LogP contribution in [0.4, 0.5) is 9.59 Å². The second-order valence-corrected chi connectivity index (χ2v) is 14.9. The lowest BCUT2D eigenvalue weighted by Gasteiger charge is -2.38. The highest BCUT2D eigenvalue weighted by molar-refractivity contribution is 6.05. The van der Waals surface area contributed by atoms with Crippen LogP contribution in [0.15, 0.2) is 70.9 Å². The summed E-state index contributed by atoms with van der Waals surface area (Å²) in [5.41, 5.74) is 8.66. The lowest BCUT2D eigenvalue weighted by Crippen LogP contribution is -2.57. The summed E-state index contributed by atoms with van der Waals surface area (Å²) in [7, 11) is 2.61. The minimum atomic E-state index is -0.654. The number of hydrogen-bond donors (Lipinski definition) is 2. The number of ether oxygens (including phenoxy) is 2. The second-order valence-electron chi connectivity index (χ2n) is 14.9. The van der Waals surface area contributed by atoms with Crippen LogP contribution in [0.25, 0.3) is 22.3 Å². The van der Waals surface area contributed by atoms with Crippen LogP contribution in [0.5, 0.6) is 0 Å². The van der Waals surface area contributed by atoms with Gasteiger partial charge in [0.2, 0.25) is 11.8 Å². The Morgan fingerprint density at radius 1 is 0.736 bits per heavy atom. The number of methoxy groups -OCH3 is 2. The molecule has 0 bridgehead atoms. The Morgan fingerprint density at radius 3 is 1.85 bits per heavy atom. The van der Waals surface area contributed by atoms with Crippen molar-refractivity contribution in [1.82, 2.24) is 20.4 Å². The molecule has 0 saturated carbocycles. The van der Waals surface area contributed by atoms with Crippen LogP contribution in [-0.2, 0) is 19.1 Å². The Balaban J connectivity index is 0.940. The zero-order chi connectivity index (χ0) is 37.2. The molecule has 2 aromatic carbocycles. The number of fused-ring (bicyclic) bond motifs is 1. The van der Waals surface area contributed by atoms with Gasteiger partial charge in [-0.25, -0.2) is 9.59 Å².